The van der Waals surface area contributed by atoms with Crippen molar-refractivity contribution in [1.29, 1.82) is 0 Å². The lowest BCUT2D eigenvalue weighted by Crippen LogP contribution is -2.46. The van der Waals surface area contributed by atoms with Crippen LogP contribution >= 0.6 is 0 Å². The fourth-order valence-electron chi connectivity index (χ4n) is 3.36. The van der Waals surface area contributed by atoms with Crippen LogP contribution in [0.2, 0.25) is 0 Å². The molecule has 0 bridgehead atoms. The average Bonchev–Trinajstić information content (AvgIpc) is 2.97. The highest BCUT2D eigenvalue weighted by atomic mass is 16.5. The van der Waals surface area contributed by atoms with Gasteiger partial charge in [-0.3, -0.25) is 4.90 Å². The number of piperidine rings is 2. The van der Waals surface area contributed by atoms with Crippen molar-refractivity contribution in [2.45, 2.75) is 51.2 Å². The highest BCUT2D eigenvalue weighted by Gasteiger charge is 2.26. The van der Waals surface area contributed by atoms with Gasteiger partial charge in [-0.2, -0.15) is 4.98 Å². The van der Waals surface area contributed by atoms with Crippen molar-refractivity contribution in [2.24, 2.45) is 5.73 Å². The number of nitrogens with two attached hydrogens (primary N) is 1. The van der Waals surface area contributed by atoms with Gasteiger partial charge in [-0.05, 0) is 38.8 Å². The molecule has 2 aliphatic heterocycles. The maximum absolute atomic E-state index is 5.48. The standard InChI is InChI=1S/C14H25N5O/c15-10-14-16-13(17-20-14)11-18-8-4-12(5-9-18)19-6-2-1-3-7-19/h12H,1-11,15H2. The minimum Gasteiger partial charge on any atom is -0.338 e. The van der Waals surface area contributed by atoms with E-state index in [-0.39, 0.29) is 0 Å². The molecule has 3 rings (SSSR count). The van der Waals surface area contributed by atoms with E-state index in [1.165, 1.54) is 45.2 Å². The molecule has 0 radical (unpaired) electrons. The first-order valence-electron chi connectivity index (χ1n) is 7.83. The topological polar surface area (TPSA) is 71.4 Å². The number of hydrogen-bond donors (Lipinski definition) is 1. The van der Waals surface area contributed by atoms with Crippen LogP contribution in [0.1, 0.15) is 43.8 Å². The van der Waals surface area contributed by atoms with Crippen molar-refractivity contribution in [3.63, 3.8) is 0 Å². The van der Waals surface area contributed by atoms with Gasteiger partial charge < -0.3 is 15.2 Å². The molecule has 2 saturated heterocycles. The average molecular weight is 279 g/mol. The molecule has 0 atom stereocenters. The first-order chi connectivity index (χ1) is 9.85. The third-order valence-electron chi connectivity index (χ3n) is 4.51. The quantitative estimate of drug-likeness (QED) is 0.886. The summed E-state index contributed by atoms with van der Waals surface area (Å²) in [6.07, 6.45) is 6.70. The van der Waals surface area contributed by atoms with E-state index in [0.717, 1.165) is 31.5 Å². The van der Waals surface area contributed by atoms with Crippen LogP contribution in [-0.4, -0.2) is 52.2 Å². The second-order valence-corrected chi connectivity index (χ2v) is 5.91. The summed E-state index contributed by atoms with van der Waals surface area (Å²) in [4.78, 5) is 9.40. The molecule has 2 fully saturated rings. The lowest BCUT2D eigenvalue weighted by atomic mass is 10.00. The normalized spacial score (nSPS) is 23.2. The molecule has 6 heteroatoms. The fourth-order valence-corrected chi connectivity index (χ4v) is 3.36. The van der Waals surface area contributed by atoms with E-state index in [0.29, 0.717) is 12.4 Å². The van der Waals surface area contributed by atoms with E-state index < -0.39 is 0 Å². The molecule has 0 unspecified atom stereocenters. The van der Waals surface area contributed by atoms with Gasteiger partial charge in [0, 0.05) is 19.1 Å². The Balaban J connectivity index is 1.45. The molecule has 112 valence electrons. The van der Waals surface area contributed by atoms with Crippen molar-refractivity contribution in [2.75, 3.05) is 26.2 Å². The van der Waals surface area contributed by atoms with Crippen molar-refractivity contribution in [3.05, 3.63) is 11.7 Å². The predicted octanol–water partition coefficient (Wildman–Crippen LogP) is 0.979. The summed E-state index contributed by atoms with van der Waals surface area (Å²) < 4.78 is 5.05. The maximum Gasteiger partial charge on any atom is 0.240 e. The zero-order chi connectivity index (χ0) is 13.8. The first kappa shape index (κ1) is 14.0. The van der Waals surface area contributed by atoms with Crippen LogP contribution < -0.4 is 5.73 Å². The van der Waals surface area contributed by atoms with Crippen LogP contribution in [0.3, 0.4) is 0 Å². The molecular weight excluding hydrogens is 254 g/mol. The maximum atomic E-state index is 5.48. The van der Waals surface area contributed by atoms with Crippen molar-refractivity contribution in [1.82, 2.24) is 19.9 Å². The summed E-state index contributed by atoms with van der Waals surface area (Å²) in [5.74, 6) is 1.30. The minimum atomic E-state index is 0.323. The van der Waals surface area contributed by atoms with Gasteiger partial charge in [-0.25, -0.2) is 0 Å². The van der Waals surface area contributed by atoms with E-state index in [9.17, 15) is 0 Å². The summed E-state index contributed by atoms with van der Waals surface area (Å²) in [7, 11) is 0. The zero-order valence-corrected chi connectivity index (χ0v) is 12.1. The van der Waals surface area contributed by atoms with Crippen LogP contribution in [0.15, 0.2) is 4.52 Å². The summed E-state index contributed by atoms with van der Waals surface area (Å²) in [5, 5.41) is 3.97. The van der Waals surface area contributed by atoms with Gasteiger partial charge in [0.2, 0.25) is 5.89 Å². The van der Waals surface area contributed by atoms with Gasteiger partial charge in [0.05, 0.1) is 13.1 Å². The van der Waals surface area contributed by atoms with Crippen molar-refractivity contribution >= 4 is 0 Å². The Hall–Kier alpha value is -0.980. The van der Waals surface area contributed by atoms with E-state index in [4.69, 9.17) is 10.3 Å². The molecule has 0 saturated carbocycles. The van der Waals surface area contributed by atoms with Crippen LogP contribution in [-0.2, 0) is 13.1 Å². The van der Waals surface area contributed by atoms with Crippen molar-refractivity contribution in [3.8, 4) is 0 Å². The Morgan fingerprint density at radius 3 is 2.50 bits per heavy atom. The second-order valence-electron chi connectivity index (χ2n) is 5.91. The lowest BCUT2D eigenvalue weighted by Gasteiger charge is -2.39. The predicted molar refractivity (Wildman–Crippen MR) is 75.9 cm³/mol. The number of rotatable bonds is 4. The molecular formula is C14H25N5O. The van der Waals surface area contributed by atoms with E-state index >= 15 is 0 Å². The molecule has 0 spiro atoms. The first-order valence-corrected chi connectivity index (χ1v) is 7.83. The highest BCUT2D eigenvalue weighted by molar-refractivity contribution is 4.88. The summed E-state index contributed by atoms with van der Waals surface area (Å²) in [6, 6.07) is 0.788. The number of nitrogens with zero attached hydrogens (tertiary/aromatic N) is 4. The molecule has 20 heavy (non-hydrogen) atoms. The number of likely N-dealkylation sites (tertiary alicyclic amines) is 2. The van der Waals surface area contributed by atoms with Gasteiger partial charge >= 0.3 is 0 Å². The van der Waals surface area contributed by atoms with E-state index in [1.54, 1.807) is 0 Å². The molecule has 6 nitrogen and oxygen atoms in total. The zero-order valence-electron chi connectivity index (χ0n) is 12.1. The monoisotopic (exact) mass is 279 g/mol. The van der Waals surface area contributed by atoms with Crippen LogP contribution in [0.5, 0.6) is 0 Å². The summed E-state index contributed by atoms with van der Waals surface area (Å²) >= 11 is 0. The Morgan fingerprint density at radius 2 is 1.85 bits per heavy atom. The Bertz CT molecular complexity index is 407. The van der Waals surface area contributed by atoms with Crippen molar-refractivity contribution < 1.29 is 4.52 Å². The summed E-state index contributed by atoms with van der Waals surface area (Å²) in [6.45, 7) is 5.98. The Kier molecular flexibility index (Phi) is 4.65. The highest BCUT2D eigenvalue weighted by Crippen LogP contribution is 2.21. The largest absolute Gasteiger partial charge is 0.338 e. The second kappa shape index (κ2) is 6.65. The van der Waals surface area contributed by atoms with Gasteiger partial charge in [0.1, 0.15) is 0 Å². The Labute approximate surface area is 120 Å². The third-order valence-corrected chi connectivity index (χ3v) is 4.51. The molecule has 1 aromatic rings. The van der Waals surface area contributed by atoms with Gasteiger partial charge in [0.25, 0.3) is 0 Å². The molecule has 0 aromatic carbocycles. The summed E-state index contributed by atoms with van der Waals surface area (Å²) in [5.41, 5.74) is 5.48. The minimum absolute atomic E-state index is 0.323. The fraction of sp³-hybridized carbons (Fsp3) is 0.857. The van der Waals surface area contributed by atoms with Gasteiger partial charge in [0.15, 0.2) is 5.82 Å². The van der Waals surface area contributed by atoms with Gasteiger partial charge in [-0.15, -0.1) is 0 Å². The molecule has 0 amide bonds. The Morgan fingerprint density at radius 1 is 1.10 bits per heavy atom. The van der Waals surface area contributed by atoms with Gasteiger partial charge in [-0.1, -0.05) is 11.6 Å². The number of hydrogen-bond acceptors (Lipinski definition) is 6. The lowest BCUT2D eigenvalue weighted by molar-refractivity contribution is 0.0882. The van der Waals surface area contributed by atoms with E-state index in [1.807, 2.05) is 0 Å². The van der Waals surface area contributed by atoms with Crippen LogP contribution in [0.4, 0.5) is 0 Å². The molecule has 1 aromatic heterocycles. The van der Waals surface area contributed by atoms with E-state index in [2.05, 4.69) is 19.9 Å². The molecule has 0 aliphatic carbocycles. The van der Waals surface area contributed by atoms with Crippen LogP contribution in [0, 0.1) is 0 Å². The molecule has 2 N–H and O–H groups in total. The molecule has 3 heterocycles. The van der Waals surface area contributed by atoms with Crippen LogP contribution in [0.25, 0.3) is 0 Å². The smallest absolute Gasteiger partial charge is 0.240 e. The number of aromatic nitrogens is 2. The third kappa shape index (κ3) is 3.37. The SMILES string of the molecule is NCc1nc(CN2CCC(N3CCCCC3)CC2)no1. The molecule has 2 aliphatic rings.